The van der Waals surface area contributed by atoms with Crippen molar-refractivity contribution in [1.82, 2.24) is 0 Å². The van der Waals surface area contributed by atoms with E-state index in [0.29, 0.717) is 13.0 Å². The van der Waals surface area contributed by atoms with Crippen molar-refractivity contribution in [2.24, 2.45) is 22.7 Å². The lowest BCUT2D eigenvalue weighted by Crippen LogP contribution is -2.77. The summed E-state index contributed by atoms with van der Waals surface area (Å²) in [4.78, 5) is 54.3. The Morgan fingerprint density at radius 1 is 0.696 bits per heavy atom. The summed E-state index contributed by atoms with van der Waals surface area (Å²) in [5.41, 5.74) is -12.8. The number of hydrogen-bond acceptors (Lipinski definition) is 24. The fourth-order valence-corrected chi connectivity index (χ4v) is 15.0. The Hall–Kier alpha value is -3.36. The average Bonchev–Trinajstić information content (AvgIpc) is 0.665. The second-order valence-electron chi connectivity index (χ2n) is 28.6. The standard InChI is InChI=1S/C67H106O24.H2O/c1-22-79-90-45-28-49(82-35(6)40(45)31-78-47-26-42(68)57(76-20)37(8)84-47)86-43-25-39-24-41-53(56(71)52(39)54(69)33(43)4)58(72)65(17,67(19,62(41,12)13)66(18,77-21)60(73)64(16,75)63(14,15)74)89-50-29-46(55(70)36(7)83-50)88-48-27-44(32(3)34(5)81-48)87-51-30-61(10,11)59(38(9)85-51)91-80-23-2;/h24-25,32,34-38,40,42,44-51,55,57,59,68-71,74-75H,22-23,26-31H2,1-21H3;1H2. The average molecular weight is 1310 g/mol. The van der Waals surface area contributed by atoms with Gasteiger partial charge in [-0.25, -0.2) is 19.6 Å². The van der Waals surface area contributed by atoms with Gasteiger partial charge in [0.15, 0.2) is 42.3 Å². The number of carbonyl (C=O) groups is 2. The predicted molar refractivity (Wildman–Crippen MR) is 331 cm³/mol. The molecule has 92 heavy (non-hydrogen) atoms. The second-order valence-corrected chi connectivity index (χ2v) is 28.6. The SMILES string of the molecule is CCOOC1CC(Oc2cc3cc4c(c(O)c3c(O)c2C)C(=O)C(C)(OC2CC(OC3CC(OC5CC(C)(C)C(OOCC)C(C)O5)C(C)C(C)O3)C(O)C(C)O2)C(C)(C(C)(OC)C(=O)C(C)(O)C(C)(C)O)C4(C)C)OC(C)C1COC1CC(O)C(OC)C(C)O1.O. The van der Waals surface area contributed by atoms with E-state index >= 15 is 9.59 Å². The van der Waals surface area contributed by atoms with Gasteiger partial charge in [-0.2, -0.15) is 0 Å². The monoisotopic (exact) mass is 1310 g/mol. The Bertz CT molecular complexity index is 2850. The van der Waals surface area contributed by atoms with Crippen LogP contribution >= 0.6 is 0 Å². The summed E-state index contributed by atoms with van der Waals surface area (Å²) in [7, 11) is 2.78. The van der Waals surface area contributed by atoms with Gasteiger partial charge in [-0.1, -0.05) is 41.5 Å². The number of benzene rings is 2. The van der Waals surface area contributed by atoms with E-state index in [9.17, 15) is 30.6 Å². The zero-order valence-corrected chi connectivity index (χ0v) is 57.8. The third-order valence-electron chi connectivity index (χ3n) is 21.7. The summed E-state index contributed by atoms with van der Waals surface area (Å²) in [6, 6.07) is 3.25. The molecule has 5 heterocycles. The van der Waals surface area contributed by atoms with Crippen LogP contribution < -0.4 is 4.74 Å². The summed E-state index contributed by atoms with van der Waals surface area (Å²) >= 11 is 0. The minimum Gasteiger partial charge on any atom is -0.507 e. The summed E-state index contributed by atoms with van der Waals surface area (Å²) in [6.45, 7) is 33.1. The zero-order chi connectivity index (χ0) is 67.6. The summed E-state index contributed by atoms with van der Waals surface area (Å²) in [6.07, 6.45) is -11.2. The zero-order valence-electron chi connectivity index (χ0n) is 57.8. The first-order valence-electron chi connectivity index (χ1n) is 32.4. The van der Waals surface area contributed by atoms with Gasteiger partial charge in [0, 0.05) is 80.0 Å². The lowest BCUT2D eigenvalue weighted by Gasteiger charge is -2.64. The molecule has 2 aromatic rings. The highest BCUT2D eigenvalue weighted by atomic mass is 17.2. The molecule has 1 aliphatic carbocycles. The van der Waals surface area contributed by atoms with Crippen molar-refractivity contribution < 1.29 is 122 Å². The molecular formula is C67H108O25. The largest absolute Gasteiger partial charge is 0.507 e. The third-order valence-corrected chi connectivity index (χ3v) is 21.7. The number of ketones is 2. The molecule has 8 N–H and O–H groups in total. The number of methoxy groups -OCH3 is 2. The maximum Gasteiger partial charge on any atom is 0.202 e. The number of aromatic hydroxyl groups is 2. The Kier molecular flexibility index (Phi) is 23.6. The van der Waals surface area contributed by atoms with Crippen LogP contribution in [0.3, 0.4) is 0 Å². The minimum absolute atomic E-state index is 0. The van der Waals surface area contributed by atoms with Crippen LogP contribution in [0.15, 0.2) is 12.1 Å². The van der Waals surface area contributed by atoms with Gasteiger partial charge in [0.2, 0.25) is 6.29 Å². The van der Waals surface area contributed by atoms with E-state index in [0.717, 1.165) is 0 Å². The van der Waals surface area contributed by atoms with E-state index in [2.05, 4.69) is 13.8 Å². The number of aliphatic hydroxyl groups is 4. The lowest BCUT2D eigenvalue weighted by molar-refractivity contribution is -0.388. The first kappa shape index (κ1) is 76.0. The number of fused-ring (bicyclic) bond motifs is 2. The van der Waals surface area contributed by atoms with Crippen LogP contribution in [0, 0.1) is 29.6 Å². The van der Waals surface area contributed by atoms with Crippen molar-refractivity contribution in [2.45, 2.75) is 296 Å². The van der Waals surface area contributed by atoms with Crippen LogP contribution in [0.1, 0.15) is 178 Å². The number of phenolic OH excluding ortho intramolecular Hbond substituents is 2. The number of carbonyl (C=O) groups excluding carboxylic acids is 2. The number of Topliss-reactive ketones (excluding diaryl/α,β-unsaturated/α-hetero) is 2. The third kappa shape index (κ3) is 13.8. The fourth-order valence-electron chi connectivity index (χ4n) is 15.0. The highest BCUT2D eigenvalue weighted by Gasteiger charge is 2.75. The molecule has 0 radical (unpaired) electrons. The molecule has 0 bridgehead atoms. The number of hydrogen-bond donors (Lipinski definition) is 6. The quantitative estimate of drug-likeness (QED) is 0.0481. The van der Waals surface area contributed by atoms with Crippen LogP contribution in [0.25, 0.3) is 10.8 Å². The van der Waals surface area contributed by atoms with Crippen molar-refractivity contribution in [3.8, 4) is 17.2 Å². The van der Waals surface area contributed by atoms with Gasteiger partial charge in [0.1, 0.15) is 52.9 Å². The molecule has 0 amide bonds. The lowest BCUT2D eigenvalue weighted by atomic mass is 9.43. The Balaban J connectivity index is 0.0000120. The maximum absolute atomic E-state index is 16.3. The summed E-state index contributed by atoms with van der Waals surface area (Å²) < 4.78 is 76.9. The molecule has 0 aromatic heterocycles. The van der Waals surface area contributed by atoms with E-state index in [1.807, 2.05) is 34.6 Å². The number of rotatable bonds is 23. The molecule has 8 rings (SSSR count). The molecule has 2 aromatic carbocycles. The Labute approximate surface area is 541 Å². The summed E-state index contributed by atoms with van der Waals surface area (Å²) in [5, 5.41) is 71.5. The minimum atomic E-state index is -2.52. The smallest absolute Gasteiger partial charge is 0.202 e. The van der Waals surface area contributed by atoms with Crippen molar-refractivity contribution in [3.63, 3.8) is 0 Å². The van der Waals surface area contributed by atoms with E-state index < -0.39 is 143 Å². The van der Waals surface area contributed by atoms with Gasteiger partial charge in [-0.3, -0.25) is 9.59 Å². The van der Waals surface area contributed by atoms with Gasteiger partial charge in [0.25, 0.3) is 0 Å². The summed E-state index contributed by atoms with van der Waals surface area (Å²) in [5.74, 6) is -3.16. The molecule has 5 fully saturated rings. The van der Waals surface area contributed by atoms with E-state index in [1.165, 1.54) is 48.8 Å². The predicted octanol–water partition coefficient (Wildman–Crippen LogP) is 7.02. The Morgan fingerprint density at radius 3 is 1.87 bits per heavy atom. The van der Waals surface area contributed by atoms with Crippen LogP contribution in [0.4, 0.5) is 0 Å². The van der Waals surface area contributed by atoms with Crippen LogP contribution in [0.2, 0.25) is 0 Å². The molecular weight excluding hydrogens is 1200 g/mol. The second kappa shape index (κ2) is 28.6. The molecule has 23 unspecified atom stereocenters. The van der Waals surface area contributed by atoms with E-state index in [4.69, 9.17) is 76.4 Å². The van der Waals surface area contributed by atoms with Crippen LogP contribution in [-0.2, 0) is 81.9 Å². The molecule has 6 aliphatic rings. The van der Waals surface area contributed by atoms with Gasteiger partial charge in [-0.15, -0.1) is 0 Å². The number of ether oxygens (including phenoxy) is 12. The van der Waals surface area contributed by atoms with Crippen molar-refractivity contribution in [3.05, 3.63) is 28.8 Å². The van der Waals surface area contributed by atoms with Crippen molar-refractivity contribution in [2.75, 3.05) is 34.0 Å². The molecule has 5 saturated heterocycles. The molecule has 526 valence electrons. The molecule has 25 nitrogen and oxygen atoms in total. The Morgan fingerprint density at radius 2 is 1.27 bits per heavy atom. The molecule has 25 heteroatoms. The fraction of sp³-hybridized carbons (Fsp3) is 0.821. The first-order valence-corrected chi connectivity index (χ1v) is 32.4. The molecule has 0 spiro atoms. The van der Waals surface area contributed by atoms with Crippen LogP contribution in [-0.4, -0.2) is 209 Å². The van der Waals surface area contributed by atoms with Crippen molar-refractivity contribution in [1.29, 1.82) is 0 Å². The topological polar surface area (TPSA) is 335 Å². The highest BCUT2D eigenvalue weighted by molar-refractivity contribution is 6.14. The van der Waals surface area contributed by atoms with Gasteiger partial charge >= 0.3 is 0 Å². The van der Waals surface area contributed by atoms with Crippen molar-refractivity contribution >= 4 is 22.3 Å². The van der Waals surface area contributed by atoms with E-state index in [1.54, 1.807) is 60.6 Å². The maximum atomic E-state index is 16.3. The number of phenols is 2. The van der Waals surface area contributed by atoms with Gasteiger partial charge < -0.3 is 93.0 Å². The van der Waals surface area contributed by atoms with Gasteiger partial charge in [-0.05, 0) is 113 Å². The highest BCUT2D eigenvalue weighted by Crippen LogP contribution is 2.65. The van der Waals surface area contributed by atoms with Crippen LogP contribution in [0.5, 0.6) is 17.2 Å². The normalized spacial score (nSPS) is 38.8. The molecule has 23 atom stereocenters. The first-order chi connectivity index (χ1) is 42.3. The molecule has 0 saturated carbocycles. The van der Waals surface area contributed by atoms with Gasteiger partial charge in [0.05, 0.1) is 85.2 Å². The number of aliphatic hydroxyl groups excluding tert-OH is 2. The molecule has 5 aliphatic heterocycles. The van der Waals surface area contributed by atoms with E-state index in [-0.39, 0.29) is 113 Å².